The van der Waals surface area contributed by atoms with Crippen LogP contribution in [0.2, 0.25) is 0 Å². The van der Waals surface area contributed by atoms with Crippen LogP contribution >= 0.6 is 0 Å². The molecule has 23 heavy (non-hydrogen) atoms. The summed E-state index contributed by atoms with van der Waals surface area (Å²) in [5.74, 6) is -2.74. The molecule has 1 aromatic carbocycles. The summed E-state index contributed by atoms with van der Waals surface area (Å²) in [6.07, 6.45) is 0.134. The molecular weight excluding hydrogens is 304 g/mol. The maximum atomic E-state index is 14.1. The summed E-state index contributed by atoms with van der Waals surface area (Å²) < 4.78 is 32.4. The van der Waals surface area contributed by atoms with E-state index in [0.29, 0.717) is 0 Å². The molecule has 1 saturated heterocycles. The van der Waals surface area contributed by atoms with Gasteiger partial charge in [-0.1, -0.05) is 6.07 Å². The molecule has 0 radical (unpaired) electrons. The molecule has 1 N–H and O–H groups in total. The Bertz CT molecular complexity index is 610. The third kappa shape index (κ3) is 4.74. The predicted molar refractivity (Wildman–Crippen MR) is 80.7 cm³/mol. The number of piperidine rings is 1. The van der Waals surface area contributed by atoms with Gasteiger partial charge in [0.25, 0.3) is 0 Å². The van der Waals surface area contributed by atoms with E-state index in [9.17, 15) is 18.4 Å². The van der Waals surface area contributed by atoms with Crippen molar-refractivity contribution < 1.29 is 23.1 Å². The lowest BCUT2D eigenvalue weighted by Crippen LogP contribution is -2.41. The Morgan fingerprint density at radius 2 is 2.04 bits per heavy atom. The number of benzene rings is 1. The van der Waals surface area contributed by atoms with Crippen molar-refractivity contribution in [1.29, 1.82) is 0 Å². The molecule has 0 bridgehead atoms. The molecular formula is C17H21F2NO3. The number of ether oxygens (including phenoxy) is 1. The van der Waals surface area contributed by atoms with Crippen molar-refractivity contribution in [2.75, 3.05) is 6.54 Å². The van der Waals surface area contributed by atoms with Crippen LogP contribution in [0.25, 0.3) is 0 Å². The Morgan fingerprint density at radius 1 is 1.35 bits per heavy atom. The van der Waals surface area contributed by atoms with E-state index in [-0.39, 0.29) is 36.8 Å². The molecule has 0 saturated carbocycles. The van der Waals surface area contributed by atoms with E-state index in [1.54, 1.807) is 20.8 Å². The summed E-state index contributed by atoms with van der Waals surface area (Å²) in [7, 11) is 0. The number of esters is 1. The Kier molecular flexibility index (Phi) is 5.02. The number of hydrogen-bond donors (Lipinski definition) is 1. The van der Waals surface area contributed by atoms with Crippen LogP contribution in [0, 0.1) is 17.6 Å². The van der Waals surface area contributed by atoms with Crippen molar-refractivity contribution in [1.82, 2.24) is 5.32 Å². The van der Waals surface area contributed by atoms with Crippen molar-refractivity contribution in [2.24, 2.45) is 5.92 Å². The van der Waals surface area contributed by atoms with Gasteiger partial charge in [0.15, 0.2) is 0 Å². The van der Waals surface area contributed by atoms with E-state index in [2.05, 4.69) is 5.32 Å². The fourth-order valence-electron chi connectivity index (χ4n) is 2.80. The first-order chi connectivity index (χ1) is 10.7. The van der Waals surface area contributed by atoms with Crippen LogP contribution in [0.5, 0.6) is 0 Å². The lowest BCUT2D eigenvalue weighted by Gasteiger charge is -2.32. The summed E-state index contributed by atoms with van der Waals surface area (Å²) >= 11 is 0. The molecule has 1 fully saturated rings. The van der Waals surface area contributed by atoms with Crippen molar-refractivity contribution in [3.05, 3.63) is 35.4 Å². The number of carbonyl (C=O) groups excluding carboxylic acids is 2. The molecule has 2 rings (SSSR count). The van der Waals surface area contributed by atoms with E-state index in [1.165, 1.54) is 6.07 Å². The average Bonchev–Trinajstić information content (AvgIpc) is 2.39. The van der Waals surface area contributed by atoms with Gasteiger partial charge in [0.1, 0.15) is 17.2 Å². The van der Waals surface area contributed by atoms with E-state index < -0.39 is 29.1 Å². The average molecular weight is 325 g/mol. The van der Waals surface area contributed by atoms with Crippen LogP contribution in [0.3, 0.4) is 0 Å². The van der Waals surface area contributed by atoms with Crippen LogP contribution in [0.15, 0.2) is 18.2 Å². The molecule has 1 aliphatic heterocycles. The molecule has 1 aliphatic rings. The van der Waals surface area contributed by atoms with Crippen molar-refractivity contribution in [3.8, 4) is 0 Å². The van der Waals surface area contributed by atoms with Crippen molar-refractivity contribution in [3.63, 3.8) is 0 Å². The molecule has 0 aromatic heterocycles. The van der Waals surface area contributed by atoms with Crippen LogP contribution in [-0.4, -0.2) is 24.0 Å². The van der Waals surface area contributed by atoms with Gasteiger partial charge >= 0.3 is 5.97 Å². The monoisotopic (exact) mass is 325 g/mol. The minimum atomic E-state index is -0.695. The van der Waals surface area contributed by atoms with Gasteiger partial charge in [-0.15, -0.1) is 0 Å². The van der Waals surface area contributed by atoms with Gasteiger partial charge < -0.3 is 10.1 Å². The zero-order chi connectivity index (χ0) is 17.2. The number of carbonyl (C=O) groups is 2. The van der Waals surface area contributed by atoms with Gasteiger partial charge in [-0.25, -0.2) is 8.78 Å². The fraction of sp³-hybridized carbons (Fsp3) is 0.529. The summed E-state index contributed by atoms with van der Waals surface area (Å²) in [6, 6.07) is 3.30. The highest BCUT2D eigenvalue weighted by Crippen LogP contribution is 2.35. The fourth-order valence-corrected chi connectivity index (χ4v) is 2.80. The minimum absolute atomic E-state index is 0.0655. The van der Waals surface area contributed by atoms with Gasteiger partial charge in [0.2, 0.25) is 5.91 Å². The zero-order valence-electron chi connectivity index (χ0n) is 13.5. The van der Waals surface area contributed by atoms with E-state index in [0.717, 1.165) is 12.1 Å². The van der Waals surface area contributed by atoms with Crippen LogP contribution < -0.4 is 5.32 Å². The molecule has 6 heteroatoms. The largest absolute Gasteiger partial charge is 0.460 e. The smallest absolute Gasteiger partial charge is 0.306 e. The lowest BCUT2D eigenvalue weighted by molar-refractivity contribution is -0.156. The number of amides is 1. The van der Waals surface area contributed by atoms with Gasteiger partial charge in [0.05, 0.1) is 6.42 Å². The first-order valence-electron chi connectivity index (χ1n) is 7.59. The molecule has 2 unspecified atom stereocenters. The standard InChI is InChI=1S/C17H21F2NO3/c1-17(2,3)23-16(22)6-10-9-20-15(21)8-13(10)12-5-4-11(18)7-14(12)19/h4-5,7,10,13H,6,8-9H2,1-3H3,(H,20,21). The highest BCUT2D eigenvalue weighted by molar-refractivity contribution is 5.78. The van der Waals surface area contributed by atoms with Gasteiger partial charge in [-0.3, -0.25) is 9.59 Å². The van der Waals surface area contributed by atoms with Crippen LogP contribution in [0.1, 0.15) is 45.1 Å². The second-order valence-electron chi connectivity index (χ2n) is 6.83. The topological polar surface area (TPSA) is 55.4 Å². The quantitative estimate of drug-likeness (QED) is 0.870. The number of rotatable bonds is 3. The second kappa shape index (κ2) is 6.64. The van der Waals surface area contributed by atoms with E-state index >= 15 is 0 Å². The maximum Gasteiger partial charge on any atom is 0.306 e. The molecule has 0 aliphatic carbocycles. The van der Waals surface area contributed by atoms with Crippen molar-refractivity contribution >= 4 is 11.9 Å². The first-order valence-corrected chi connectivity index (χ1v) is 7.59. The second-order valence-corrected chi connectivity index (χ2v) is 6.83. The number of halogens is 2. The van der Waals surface area contributed by atoms with Gasteiger partial charge in [-0.05, 0) is 38.3 Å². The van der Waals surface area contributed by atoms with E-state index in [4.69, 9.17) is 4.74 Å². The van der Waals surface area contributed by atoms with Crippen molar-refractivity contribution in [2.45, 2.75) is 45.1 Å². The van der Waals surface area contributed by atoms with Crippen LogP contribution in [0.4, 0.5) is 8.78 Å². The summed E-state index contributed by atoms with van der Waals surface area (Å²) in [5, 5.41) is 2.69. The summed E-state index contributed by atoms with van der Waals surface area (Å²) in [6.45, 7) is 5.57. The van der Waals surface area contributed by atoms with Gasteiger partial charge in [0, 0.05) is 24.9 Å². The molecule has 2 atom stereocenters. The first kappa shape index (κ1) is 17.4. The summed E-state index contributed by atoms with van der Waals surface area (Å²) in [4.78, 5) is 23.7. The summed E-state index contributed by atoms with van der Waals surface area (Å²) in [5.41, 5.74) is -0.346. The Balaban J connectivity index is 2.19. The number of nitrogens with one attached hydrogen (secondary N) is 1. The Hall–Kier alpha value is -1.98. The Morgan fingerprint density at radius 3 is 2.65 bits per heavy atom. The molecule has 0 spiro atoms. The minimum Gasteiger partial charge on any atom is -0.460 e. The third-order valence-corrected chi connectivity index (χ3v) is 3.75. The highest BCUT2D eigenvalue weighted by atomic mass is 19.1. The van der Waals surface area contributed by atoms with E-state index in [1.807, 2.05) is 0 Å². The lowest BCUT2D eigenvalue weighted by atomic mass is 9.79. The molecule has 1 aromatic rings. The predicted octanol–water partition coefficient (Wildman–Crippen LogP) is 2.92. The molecule has 1 amide bonds. The van der Waals surface area contributed by atoms with Crippen LogP contribution in [-0.2, 0) is 14.3 Å². The zero-order valence-corrected chi connectivity index (χ0v) is 13.5. The third-order valence-electron chi connectivity index (χ3n) is 3.75. The molecule has 126 valence electrons. The number of hydrogen-bond acceptors (Lipinski definition) is 3. The highest BCUT2D eigenvalue weighted by Gasteiger charge is 2.34. The normalized spacial score (nSPS) is 21.7. The molecule has 1 heterocycles. The van der Waals surface area contributed by atoms with Gasteiger partial charge in [-0.2, -0.15) is 0 Å². The maximum absolute atomic E-state index is 14.1. The molecule has 4 nitrogen and oxygen atoms in total. The Labute approximate surface area is 134 Å². The SMILES string of the molecule is CC(C)(C)OC(=O)CC1CNC(=O)CC1c1ccc(F)cc1F.